The number of para-hydroxylation sites is 1. The second kappa shape index (κ2) is 10.6. The highest BCUT2D eigenvalue weighted by Gasteiger charge is 2.33. The maximum Gasteiger partial charge on any atom is 0.573 e. The van der Waals surface area contributed by atoms with Gasteiger partial charge in [0.1, 0.15) is 11.8 Å². The number of carbonyl (C=O) groups is 3. The number of piperazine rings is 1. The molecule has 1 aromatic heterocycles. The number of hydrogen-bond donors (Lipinski definition) is 2. The summed E-state index contributed by atoms with van der Waals surface area (Å²) in [4.78, 5) is 41.8. The molecule has 35 heavy (non-hydrogen) atoms. The first kappa shape index (κ1) is 25.0. The van der Waals surface area contributed by atoms with Gasteiger partial charge in [0.05, 0.1) is 4.88 Å². The minimum Gasteiger partial charge on any atom is -0.405 e. The molecule has 8 nitrogen and oxygen atoms in total. The van der Waals surface area contributed by atoms with Gasteiger partial charge in [-0.15, -0.1) is 24.5 Å². The van der Waals surface area contributed by atoms with Gasteiger partial charge in [-0.2, -0.15) is 0 Å². The molecule has 0 saturated carbocycles. The van der Waals surface area contributed by atoms with Gasteiger partial charge in [0.2, 0.25) is 11.8 Å². The quantitative estimate of drug-likeness (QED) is 0.598. The van der Waals surface area contributed by atoms with Crippen molar-refractivity contribution in [3.8, 4) is 5.75 Å². The first-order chi connectivity index (χ1) is 16.7. The van der Waals surface area contributed by atoms with Crippen molar-refractivity contribution in [2.45, 2.75) is 38.3 Å². The summed E-state index contributed by atoms with van der Waals surface area (Å²) in [7, 11) is 0. The zero-order valence-corrected chi connectivity index (χ0v) is 19.6. The normalized spacial score (nSPS) is 18.9. The Labute approximate surface area is 204 Å². The molecule has 0 radical (unpaired) electrons. The average Bonchev–Trinajstić information content (AvgIpc) is 3.46. The van der Waals surface area contributed by atoms with Crippen LogP contribution >= 0.6 is 11.3 Å². The second-order valence-corrected chi connectivity index (χ2v) is 9.53. The number of nitrogens with one attached hydrogen (secondary N) is 2. The highest BCUT2D eigenvalue weighted by atomic mass is 32.1. The Kier molecular flexibility index (Phi) is 7.60. The van der Waals surface area contributed by atoms with Gasteiger partial charge >= 0.3 is 6.36 Å². The molecule has 12 heteroatoms. The van der Waals surface area contributed by atoms with Crippen molar-refractivity contribution in [1.82, 2.24) is 20.4 Å². The van der Waals surface area contributed by atoms with Gasteiger partial charge < -0.3 is 20.3 Å². The van der Waals surface area contributed by atoms with Crippen LogP contribution in [-0.4, -0.2) is 66.1 Å². The van der Waals surface area contributed by atoms with Crippen molar-refractivity contribution in [2.24, 2.45) is 0 Å². The standard InChI is InChI=1S/C23H25F3N4O4S/c24-23(25,26)34-18-4-2-1-3-15(18)13-27-21(32)19-7-5-16(35-19)14-29-9-11-30(12-10-29)22(33)17-6-8-20(31)28-17/h1-5,7,17H,6,8-14H2,(H,27,32)(H,28,31). The molecule has 1 unspecified atom stereocenters. The van der Waals surface area contributed by atoms with E-state index in [-0.39, 0.29) is 35.6 Å². The highest BCUT2D eigenvalue weighted by molar-refractivity contribution is 7.14. The Morgan fingerprint density at radius 3 is 2.54 bits per heavy atom. The number of ether oxygens (including phenoxy) is 1. The number of thiophene rings is 1. The smallest absolute Gasteiger partial charge is 0.405 e. The van der Waals surface area contributed by atoms with E-state index in [0.717, 1.165) is 4.88 Å². The highest BCUT2D eigenvalue weighted by Crippen LogP contribution is 2.26. The lowest BCUT2D eigenvalue weighted by atomic mass is 10.2. The fraction of sp³-hybridized carbons (Fsp3) is 0.435. The Balaban J connectivity index is 1.25. The summed E-state index contributed by atoms with van der Waals surface area (Å²) in [5, 5.41) is 5.35. The lowest BCUT2D eigenvalue weighted by Gasteiger charge is -2.35. The summed E-state index contributed by atoms with van der Waals surface area (Å²) in [6.45, 7) is 3.04. The molecule has 2 aliphatic heterocycles. The number of benzene rings is 1. The molecule has 3 heterocycles. The number of halogens is 3. The summed E-state index contributed by atoms with van der Waals surface area (Å²) in [6.07, 6.45) is -3.88. The van der Waals surface area contributed by atoms with Gasteiger partial charge in [0, 0.05) is 56.1 Å². The fourth-order valence-corrected chi connectivity index (χ4v) is 5.05. The van der Waals surface area contributed by atoms with E-state index >= 15 is 0 Å². The van der Waals surface area contributed by atoms with Crippen molar-refractivity contribution in [3.05, 3.63) is 51.7 Å². The molecular weight excluding hydrogens is 485 g/mol. The number of rotatable bonds is 7. The van der Waals surface area contributed by atoms with Crippen LogP contribution in [0.2, 0.25) is 0 Å². The monoisotopic (exact) mass is 510 g/mol. The Morgan fingerprint density at radius 2 is 1.86 bits per heavy atom. The molecule has 2 fully saturated rings. The largest absolute Gasteiger partial charge is 0.573 e. The molecule has 0 spiro atoms. The molecule has 2 saturated heterocycles. The van der Waals surface area contributed by atoms with Gasteiger partial charge in [-0.25, -0.2) is 0 Å². The maximum atomic E-state index is 12.6. The van der Waals surface area contributed by atoms with Crippen molar-refractivity contribution in [1.29, 1.82) is 0 Å². The topological polar surface area (TPSA) is 91.0 Å². The van der Waals surface area contributed by atoms with Gasteiger partial charge in [-0.05, 0) is 24.6 Å². The summed E-state index contributed by atoms with van der Waals surface area (Å²) >= 11 is 1.32. The van der Waals surface area contributed by atoms with Crippen LogP contribution in [0.4, 0.5) is 13.2 Å². The number of nitrogens with zero attached hydrogens (tertiary/aromatic N) is 2. The van der Waals surface area contributed by atoms with E-state index in [4.69, 9.17) is 0 Å². The minimum absolute atomic E-state index is 0.0345. The van der Waals surface area contributed by atoms with Gasteiger partial charge in [-0.1, -0.05) is 18.2 Å². The van der Waals surface area contributed by atoms with E-state index in [2.05, 4.69) is 20.3 Å². The van der Waals surface area contributed by atoms with Crippen LogP contribution in [0.5, 0.6) is 5.75 Å². The van der Waals surface area contributed by atoms with Crippen LogP contribution in [0.1, 0.15) is 33.0 Å². The summed E-state index contributed by atoms with van der Waals surface area (Å²) in [5.74, 6) is -0.844. The molecule has 1 atom stereocenters. The van der Waals surface area contributed by atoms with Crippen LogP contribution in [0.25, 0.3) is 0 Å². The van der Waals surface area contributed by atoms with Gasteiger partial charge in [-0.3, -0.25) is 19.3 Å². The van der Waals surface area contributed by atoms with Crippen LogP contribution < -0.4 is 15.4 Å². The van der Waals surface area contributed by atoms with Crippen molar-refractivity contribution < 1.29 is 32.3 Å². The van der Waals surface area contributed by atoms with Crippen LogP contribution in [0.15, 0.2) is 36.4 Å². The second-order valence-electron chi connectivity index (χ2n) is 8.36. The number of carbonyl (C=O) groups excluding carboxylic acids is 3. The molecule has 2 aliphatic rings. The molecule has 3 amide bonds. The Bertz CT molecular complexity index is 1080. The third kappa shape index (κ3) is 6.73. The average molecular weight is 511 g/mol. The molecule has 4 rings (SSSR count). The SMILES string of the molecule is O=C1CCC(C(=O)N2CCN(Cc3ccc(C(=O)NCc4ccccc4OC(F)(F)F)s3)CC2)N1. The fourth-order valence-electron chi connectivity index (χ4n) is 4.09. The van der Waals surface area contributed by atoms with E-state index in [0.29, 0.717) is 50.4 Å². The predicted molar refractivity (Wildman–Crippen MR) is 122 cm³/mol. The number of amides is 3. The first-order valence-corrected chi connectivity index (χ1v) is 12.0. The summed E-state index contributed by atoms with van der Waals surface area (Å²) < 4.78 is 41.8. The first-order valence-electron chi connectivity index (χ1n) is 11.2. The van der Waals surface area contributed by atoms with Gasteiger partial charge in [0.15, 0.2) is 0 Å². The van der Waals surface area contributed by atoms with Crippen molar-refractivity contribution in [3.63, 3.8) is 0 Å². The number of alkyl halides is 3. The van der Waals surface area contributed by atoms with E-state index < -0.39 is 12.4 Å². The maximum absolute atomic E-state index is 12.6. The van der Waals surface area contributed by atoms with E-state index in [1.807, 2.05) is 6.07 Å². The molecule has 2 aromatic rings. The molecule has 1 aromatic carbocycles. The van der Waals surface area contributed by atoms with Crippen LogP contribution in [-0.2, 0) is 22.7 Å². The zero-order chi connectivity index (χ0) is 25.0. The predicted octanol–water partition coefficient (Wildman–Crippen LogP) is 2.50. The zero-order valence-electron chi connectivity index (χ0n) is 18.8. The number of hydrogen-bond acceptors (Lipinski definition) is 6. The summed E-state index contributed by atoms with van der Waals surface area (Å²) in [5.41, 5.74) is 0.222. The van der Waals surface area contributed by atoms with E-state index in [9.17, 15) is 27.6 Å². The molecular formula is C23H25F3N4O4S. The van der Waals surface area contributed by atoms with Crippen LogP contribution in [0, 0.1) is 0 Å². The molecule has 0 aliphatic carbocycles. The Morgan fingerprint density at radius 1 is 1.11 bits per heavy atom. The van der Waals surface area contributed by atoms with Crippen LogP contribution in [0.3, 0.4) is 0 Å². The van der Waals surface area contributed by atoms with Crippen molar-refractivity contribution in [2.75, 3.05) is 26.2 Å². The Hall–Kier alpha value is -3.12. The van der Waals surface area contributed by atoms with E-state index in [1.54, 1.807) is 17.0 Å². The van der Waals surface area contributed by atoms with E-state index in [1.165, 1.54) is 29.5 Å². The molecule has 2 N–H and O–H groups in total. The third-order valence-corrected chi connectivity index (χ3v) is 6.95. The third-order valence-electron chi connectivity index (χ3n) is 5.88. The minimum atomic E-state index is -4.81. The lowest BCUT2D eigenvalue weighted by molar-refractivity contribution is -0.274. The summed E-state index contributed by atoms with van der Waals surface area (Å²) in [6, 6.07) is 8.80. The van der Waals surface area contributed by atoms with Gasteiger partial charge in [0.25, 0.3) is 5.91 Å². The molecule has 188 valence electrons. The lowest BCUT2D eigenvalue weighted by Crippen LogP contribution is -2.53. The van der Waals surface area contributed by atoms with Crippen molar-refractivity contribution >= 4 is 29.1 Å². The molecule has 0 bridgehead atoms.